The van der Waals surface area contributed by atoms with E-state index in [2.05, 4.69) is 20.1 Å². The predicted octanol–water partition coefficient (Wildman–Crippen LogP) is 2.51. The molecule has 1 unspecified atom stereocenters. The van der Waals surface area contributed by atoms with Gasteiger partial charge in [0.05, 0.1) is 10.9 Å². The molecule has 1 aromatic carbocycles. The summed E-state index contributed by atoms with van der Waals surface area (Å²) in [6.45, 7) is 3.77. The average Bonchev–Trinajstić information content (AvgIpc) is 2.95. The minimum atomic E-state index is -0.141. The lowest BCUT2D eigenvalue weighted by Gasteiger charge is -2.08. The molecule has 0 amide bonds. The van der Waals surface area contributed by atoms with Crippen molar-refractivity contribution < 1.29 is 0 Å². The topological polar surface area (TPSA) is 76.5 Å². The fourth-order valence-electron chi connectivity index (χ4n) is 2.02. The molecule has 7 heteroatoms. The minimum Gasteiger partial charge on any atom is -0.310 e. The van der Waals surface area contributed by atoms with Crippen molar-refractivity contribution in [3.05, 3.63) is 64.6 Å². The minimum absolute atomic E-state index is 0.0424. The number of aryl methyl sites for hydroxylation is 1. The van der Waals surface area contributed by atoms with Crippen molar-refractivity contribution in [1.82, 2.24) is 24.7 Å². The number of rotatable bonds is 4. The van der Waals surface area contributed by atoms with Gasteiger partial charge in [0.15, 0.2) is 0 Å². The molecule has 1 atom stereocenters. The highest BCUT2D eigenvalue weighted by atomic mass is 32.2. The molecule has 6 nitrogen and oxygen atoms in total. The van der Waals surface area contributed by atoms with Crippen LogP contribution in [0.2, 0.25) is 0 Å². The Balaban J connectivity index is 1.79. The van der Waals surface area contributed by atoms with Gasteiger partial charge in [-0.1, -0.05) is 30.0 Å². The van der Waals surface area contributed by atoms with Crippen molar-refractivity contribution in [2.24, 2.45) is 0 Å². The molecule has 3 aromatic rings. The van der Waals surface area contributed by atoms with Crippen molar-refractivity contribution in [2.75, 3.05) is 0 Å². The third-order valence-electron chi connectivity index (χ3n) is 3.05. The van der Waals surface area contributed by atoms with Gasteiger partial charge in [-0.2, -0.15) is 0 Å². The highest BCUT2D eigenvalue weighted by Gasteiger charge is 2.14. The molecule has 0 saturated heterocycles. The molecule has 2 aromatic heterocycles. The zero-order chi connectivity index (χ0) is 15.5. The Labute approximate surface area is 131 Å². The number of H-pyrrole nitrogens is 1. The summed E-state index contributed by atoms with van der Waals surface area (Å²) in [5, 5.41) is 5.04. The summed E-state index contributed by atoms with van der Waals surface area (Å²) < 4.78 is 1.72. The number of aromatic nitrogens is 5. The predicted molar refractivity (Wildman–Crippen MR) is 85.2 cm³/mol. The van der Waals surface area contributed by atoms with E-state index in [1.54, 1.807) is 17.9 Å². The standard InChI is InChI=1S/C15H15N5OS/c1-10-8-13(21)18-14(17-10)11(2)22-15-16-9-20(19-15)12-6-4-3-5-7-12/h3-9,11H,1-2H3,(H,17,18,21). The van der Waals surface area contributed by atoms with Crippen LogP contribution in [0.25, 0.3) is 5.69 Å². The Morgan fingerprint density at radius 2 is 2.05 bits per heavy atom. The van der Waals surface area contributed by atoms with Gasteiger partial charge in [0.25, 0.3) is 5.56 Å². The molecule has 0 radical (unpaired) electrons. The zero-order valence-corrected chi connectivity index (χ0v) is 13.0. The van der Waals surface area contributed by atoms with Crippen molar-refractivity contribution in [1.29, 1.82) is 0 Å². The lowest BCUT2D eigenvalue weighted by molar-refractivity contribution is 0.826. The fourth-order valence-corrected chi connectivity index (χ4v) is 2.80. The largest absolute Gasteiger partial charge is 0.310 e. The van der Waals surface area contributed by atoms with Gasteiger partial charge < -0.3 is 4.98 Å². The van der Waals surface area contributed by atoms with Gasteiger partial charge in [-0.25, -0.2) is 14.6 Å². The van der Waals surface area contributed by atoms with Crippen LogP contribution in [0.1, 0.15) is 23.7 Å². The first kappa shape index (κ1) is 14.5. The number of hydrogen-bond donors (Lipinski definition) is 1. The molecule has 3 rings (SSSR count). The van der Waals surface area contributed by atoms with E-state index in [-0.39, 0.29) is 10.8 Å². The van der Waals surface area contributed by atoms with Crippen LogP contribution in [0.3, 0.4) is 0 Å². The number of aromatic amines is 1. The molecule has 0 aliphatic carbocycles. The molecule has 1 N–H and O–H groups in total. The van der Waals surface area contributed by atoms with Crippen LogP contribution in [0.15, 0.2) is 52.7 Å². The highest BCUT2D eigenvalue weighted by molar-refractivity contribution is 7.99. The maximum Gasteiger partial charge on any atom is 0.251 e. The van der Waals surface area contributed by atoms with Crippen LogP contribution >= 0.6 is 11.8 Å². The van der Waals surface area contributed by atoms with Crippen LogP contribution in [-0.2, 0) is 0 Å². The number of thioether (sulfide) groups is 1. The second kappa shape index (κ2) is 6.15. The number of hydrogen-bond acceptors (Lipinski definition) is 5. The van der Waals surface area contributed by atoms with Crippen LogP contribution in [0, 0.1) is 6.92 Å². The Morgan fingerprint density at radius 1 is 1.27 bits per heavy atom. The van der Waals surface area contributed by atoms with Crippen LogP contribution in [0.4, 0.5) is 0 Å². The normalized spacial score (nSPS) is 12.3. The van der Waals surface area contributed by atoms with E-state index < -0.39 is 0 Å². The van der Waals surface area contributed by atoms with Crippen LogP contribution in [-0.4, -0.2) is 24.7 Å². The van der Waals surface area contributed by atoms with E-state index in [9.17, 15) is 4.79 Å². The molecule has 0 aliphatic heterocycles. The average molecular weight is 313 g/mol. The second-order valence-corrected chi connectivity index (χ2v) is 6.15. The fraction of sp³-hybridized carbons (Fsp3) is 0.200. The molecule has 0 saturated carbocycles. The lowest BCUT2D eigenvalue weighted by Crippen LogP contribution is -2.12. The summed E-state index contributed by atoms with van der Waals surface area (Å²) in [4.78, 5) is 22.9. The summed E-state index contributed by atoms with van der Waals surface area (Å²) in [5.41, 5.74) is 1.52. The van der Waals surface area contributed by atoms with Gasteiger partial charge in [0.2, 0.25) is 5.16 Å². The summed E-state index contributed by atoms with van der Waals surface area (Å²) >= 11 is 1.45. The van der Waals surface area contributed by atoms with E-state index in [4.69, 9.17) is 0 Å². The lowest BCUT2D eigenvalue weighted by atomic mass is 10.3. The molecule has 22 heavy (non-hydrogen) atoms. The van der Waals surface area contributed by atoms with Crippen LogP contribution in [0.5, 0.6) is 0 Å². The number of para-hydroxylation sites is 1. The molecular formula is C15H15N5OS. The summed E-state index contributed by atoms with van der Waals surface area (Å²) in [5.74, 6) is 0.631. The number of nitrogens with one attached hydrogen (secondary N) is 1. The van der Waals surface area contributed by atoms with E-state index in [1.165, 1.54) is 17.8 Å². The van der Waals surface area contributed by atoms with E-state index in [1.807, 2.05) is 37.3 Å². The maximum absolute atomic E-state index is 11.5. The monoisotopic (exact) mass is 313 g/mol. The Morgan fingerprint density at radius 3 is 2.77 bits per heavy atom. The van der Waals surface area contributed by atoms with E-state index in [0.717, 1.165) is 5.69 Å². The summed E-state index contributed by atoms with van der Waals surface area (Å²) in [6.07, 6.45) is 1.68. The van der Waals surface area contributed by atoms with Gasteiger partial charge in [-0.15, -0.1) is 5.10 Å². The molecule has 0 bridgehead atoms. The summed E-state index contributed by atoms with van der Waals surface area (Å²) in [7, 11) is 0. The molecular weight excluding hydrogens is 298 g/mol. The SMILES string of the molecule is Cc1cc(=O)[nH]c(C(C)Sc2ncn(-c3ccccc3)n2)n1. The maximum atomic E-state index is 11.5. The van der Waals surface area contributed by atoms with Crippen molar-refractivity contribution in [3.63, 3.8) is 0 Å². The molecule has 0 spiro atoms. The Bertz CT molecular complexity index is 827. The van der Waals surface area contributed by atoms with Crippen molar-refractivity contribution in [2.45, 2.75) is 24.3 Å². The van der Waals surface area contributed by atoms with E-state index in [0.29, 0.717) is 16.7 Å². The smallest absolute Gasteiger partial charge is 0.251 e. The van der Waals surface area contributed by atoms with E-state index >= 15 is 0 Å². The van der Waals surface area contributed by atoms with Crippen LogP contribution < -0.4 is 5.56 Å². The molecule has 112 valence electrons. The zero-order valence-electron chi connectivity index (χ0n) is 12.2. The van der Waals surface area contributed by atoms with Crippen molar-refractivity contribution >= 4 is 11.8 Å². The first-order chi connectivity index (χ1) is 10.6. The van der Waals surface area contributed by atoms with Gasteiger partial charge in [0.1, 0.15) is 12.2 Å². The molecule has 0 aliphatic rings. The van der Waals surface area contributed by atoms with Gasteiger partial charge in [-0.05, 0) is 26.0 Å². The molecule has 2 heterocycles. The number of benzene rings is 1. The van der Waals surface area contributed by atoms with Gasteiger partial charge in [0, 0.05) is 11.8 Å². The third-order valence-corrected chi connectivity index (χ3v) is 4.02. The van der Waals surface area contributed by atoms with Gasteiger partial charge in [-0.3, -0.25) is 4.79 Å². The van der Waals surface area contributed by atoms with Gasteiger partial charge >= 0.3 is 0 Å². The van der Waals surface area contributed by atoms with Crippen molar-refractivity contribution in [3.8, 4) is 5.69 Å². The third kappa shape index (κ3) is 3.25. The second-order valence-electron chi connectivity index (χ2n) is 4.84. The quantitative estimate of drug-likeness (QED) is 0.749. The Kier molecular flexibility index (Phi) is 4.06. The first-order valence-corrected chi connectivity index (χ1v) is 7.71. The summed E-state index contributed by atoms with van der Waals surface area (Å²) in [6, 6.07) is 11.3. The highest BCUT2D eigenvalue weighted by Crippen LogP contribution is 2.30. The number of nitrogens with zero attached hydrogens (tertiary/aromatic N) is 4. The first-order valence-electron chi connectivity index (χ1n) is 6.83. The Hall–Kier alpha value is -2.41. The molecule has 0 fully saturated rings.